The summed E-state index contributed by atoms with van der Waals surface area (Å²) < 4.78 is 19.5. The van der Waals surface area contributed by atoms with Crippen molar-refractivity contribution in [2.24, 2.45) is 0 Å². The van der Waals surface area contributed by atoms with Crippen LogP contribution in [0.2, 0.25) is 0 Å². The molecule has 9 nitrogen and oxygen atoms in total. The van der Waals surface area contributed by atoms with Crippen molar-refractivity contribution < 1.29 is 29.6 Å². The van der Waals surface area contributed by atoms with Crippen LogP contribution in [0.1, 0.15) is 17.4 Å². The molecule has 0 saturated carbocycles. The molecule has 11 heteroatoms. The Labute approximate surface area is 192 Å². The number of anilines is 1. The van der Waals surface area contributed by atoms with E-state index >= 15 is 0 Å². The lowest BCUT2D eigenvalue weighted by Gasteiger charge is -2.13. The van der Waals surface area contributed by atoms with Crippen molar-refractivity contribution in [3.8, 4) is 17.2 Å². The summed E-state index contributed by atoms with van der Waals surface area (Å²) >= 11 is 1.35. The third kappa shape index (κ3) is 6.72. The molecule has 0 aliphatic carbocycles. The van der Waals surface area contributed by atoms with E-state index in [1.165, 1.54) is 17.8 Å². The molecule has 2 aromatic carbocycles. The van der Waals surface area contributed by atoms with E-state index in [0.29, 0.717) is 11.3 Å². The Balaban J connectivity index is 0.000000186. The lowest BCUT2D eigenvalue weighted by atomic mass is 10.1. The number of aromatic nitrogens is 2. The molecule has 0 spiro atoms. The van der Waals surface area contributed by atoms with Crippen LogP contribution in [0.5, 0.6) is 17.2 Å². The van der Waals surface area contributed by atoms with E-state index in [1.54, 1.807) is 42.5 Å². The first-order valence-electron chi connectivity index (χ1n) is 9.67. The second-order valence-corrected chi connectivity index (χ2v) is 8.10. The Kier molecular flexibility index (Phi) is 7.93. The van der Waals surface area contributed by atoms with Crippen molar-refractivity contribution in [2.45, 2.75) is 11.7 Å². The van der Waals surface area contributed by atoms with Crippen LogP contribution in [0, 0.1) is 5.82 Å². The fraction of sp³-hybridized carbons (Fsp3) is 0.182. The quantitative estimate of drug-likeness (QED) is 0.359. The van der Waals surface area contributed by atoms with Crippen LogP contribution >= 0.6 is 11.8 Å². The molecule has 1 aliphatic heterocycles. The monoisotopic (exact) mass is 475 g/mol. The number of halogens is 1. The van der Waals surface area contributed by atoms with E-state index in [0.717, 1.165) is 16.3 Å². The average molecular weight is 475 g/mol. The maximum absolute atomic E-state index is 13.1. The van der Waals surface area contributed by atoms with Crippen molar-refractivity contribution >= 4 is 29.7 Å². The molecule has 1 fully saturated rings. The Morgan fingerprint density at radius 3 is 2.33 bits per heavy atom. The van der Waals surface area contributed by atoms with E-state index < -0.39 is 29.0 Å². The van der Waals surface area contributed by atoms with Crippen LogP contribution in [0.25, 0.3) is 12.2 Å². The topological polar surface area (TPSA) is 151 Å². The van der Waals surface area contributed by atoms with Gasteiger partial charge < -0.3 is 30.9 Å². The first-order chi connectivity index (χ1) is 15.7. The molecule has 3 aromatic rings. The van der Waals surface area contributed by atoms with Crippen LogP contribution < -0.4 is 11.4 Å². The van der Waals surface area contributed by atoms with Crippen LogP contribution in [0.15, 0.2) is 53.5 Å². The number of nitrogens with zero attached hydrogens (tertiary/aromatic N) is 2. The van der Waals surface area contributed by atoms with Crippen molar-refractivity contribution in [2.75, 3.05) is 18.1 Å². The number of aliphatic hydroxyl groups excluding tert-OH is 1. The zero-order valence-corrected chi connectivity index (χ0v) is 18.0. The van der Waals surface area contributed by atoms with Gasteiger partial charge in [0.15, 0.2) is 11.6 Å². The number of aliphatic hydroxyl groups is 1. The lowest BCUT2D eigenvalue weighted by Crippen LogP contribution is -2.29. The average Bonchev–Trinajstić information content (AvgIpc) is 3.25. The summed E-state index contributed by atoms with van der Waals surface area (Å²) in [5, 5.41) is 36.6. The molecule has 4 rings (SSSR count). The Morgan fingerprint density at radius 1 is 1.09 bits per heavy atom. The van der Waals surface area contributed by atoms with Crippen LogP contribution in [0.3, 0.4) is 0 Å². The molecule has 2 heterocycles. The number of rotatable bonds is 4. The second kappa shape index (κ2) is 10.9. The Bertz CT molecular complexity index is 1170. The van der Waals surface area contributed by atoms with Gasteiger partial charge in [-0.05, 0) is 35.4 Å². The first kappa shape index (κ1) is 24.1. The zero-order chi connectivity index (χ0) is 24.0. The summed E-state index contributed by atoms with van der Waals surface area (Å²) in [4.78, 5) is 14.8. The van der Waals surface area contributed by atoms with Gasteiger partial charge in [-0.3, -0.25) is 4.57 Å². The molecule has 1 aromatic heterocycles. The summed E-state index contributed by atoms with van der Waals surface area (Å²) in [6.45, 7) is -0.152. The van der Waals surface area contributed by atoms with Crippen LogP contribution in [0.4, 0.5) is 10.2 Å². The van der Waals surface area contributed by atoms with E-state index in [4.69, 9.17) is 20.7 Å². The van der Waals surface area contributed by atoms with Gasteiger partial charge in [0, 0.05) is 11.8 Å². The van der Waals surface area contributed by atoms with Crippen molar-refractivity contribution in [3.63, 3.8) is 0 Å². The Morgan fingerprint density at radius 2 is 1.73 bits per heavy atom. The summed E-state index contributed by atoms with van der Waals surface area (Å²) in [5.74, 6) is -0.468. The van der Waals surface area contributed by atoms with Gasteiger partial charge in [0.1, 0.15) is 28.9 Å². The Hall–Kier alpha value is -3.54. The highest BCUT2D eigenvalue weighted by atomic mass is 32.2. The van der Waals surface area contributed by atoms with E-state index in [2.05, 4.69) is 4.98 Å². The van der Waals surface area contributed by atoms with Gasteiger partial charge in [-0.15, -0.1) is 11.8 Å². The number of hydrogen-bond acceptors (Lipinski definition) is 9. The molecule has 0 bridgehead atoms. The molecule has 1 saturated heterocycles. The van der Waals surface area contributed by atoms with Crippen LogP contribution in [-0.2, 0) is 4.74 Å². The predicted octanol–water partition coefficient (Wildman–Crippen LogP) is 2.52. The number of aromatic hydroxyl groups is 3. The molecule has 33 heavy (non-hydrogen) atoms. The van der Waals surface area contributed by atoms with Gasteiger partial charge in [0.2, 0.25) is 0 Å². The third-order valence-corrected chi connectivity index (χ3v) is 5.52. The maximum atomic E-state index is 13.1. The molecule has 1 aliphatic rings. The summed E-state index contributed by atoms with van der Waals surface area (Å²) in [6, 6.07) is 11.1. The van der Waals surface area contributed by atoms with Crippen molar-refractivity contribution in [1.82, 2.24) is 9.55 Å². The second-order valence-electron chi connectivity index (χ2n) is 6.91. The summed E-state index contributed by atoms with van der Waals surface area (Å²) in [5.41, 5.74) is 5.73. The molecule has 6 N–H and O–H groups in total. The molecule has 0 amide bonds. The number of nitrogens with two attached hydrogens (primary N) is 1. The molecule has 0 unspecified atom stereocenters. The summed E-state index contributed by atoms with van der Waals surface area (Å²) in [7, 11) is 0. The minimum atomic E-state index is -0.763. The highest BCUT2D eigenvalue weighted by Gasteiger charge is 2.28. The SMILES string of the molecule is Nc1nc(=O)n([C@@H]2CS[C@H](CO)O2)cc1F.Oc1ccc(/C=C/c2cc(O)cc(O)c2)cc1. The first-order valence-corrected chi connectivity index (χ1v) is 10.7. The number of phenols is 3. The smallest absolute Gasteiger partial charge is 0.351 e. The summed E-state index contributed by atoms with van der Waals surface area (Å²) in [6.07, 6.45) is 3.95. The number of phenolic OH excluding ortho intramolecular Hbond substituents is 3. The fourth-order valence-corrected chi connectivity index (χ4v) is 3.77. The fourth-order valence-electron chi connectivity index (χ4n) is 2.84. The predicted molar refractivity (Wildman–Crippen MR) is 123 cm³/mol. The number of thioether (sulfide) groups is 1. The molecular weight excluding hydrogens is 453 g/mol. The van der Waals surface area contributed by atoms with Crippen LogP contribution in [-0.4, -0.2) is 47.8 Å². The van der Waals surface area contributed by atoms with Gasteiger partial charge in [0.05, 0.1) is 12.8 Å². The number of ether oxygens (including phenoxy) is 1. The van der Waals surface area contributed by atoms with Gasteiger partial charge in [-0.25, -0.2) is 9.18 Å². The maximum Gasteiger partial charge on any atom is 0.351 e. The van der Waals surface area contributed by atoms with Crippen molar-refractivity contribution in [3.05, 3.63) is 76.1 Å². The van der Waals surface area contributed by atoms with Gasteiger partial charge in [-0.2, -0.15) is 4.98 Å². The minimum absolute atomic E-state index is 0.0235. The number of hydrogen-bond donors (Lipinski definition) is 5. The number of benzene rings is 2. The molecule has 174 valence electrons. The lowest BCUT2D eigenvalue weighted by molar-refractivity contribution is -0.00677. The molecule has 2 atom stereocenters. The zero-order valence-electron chi connectivity index (χ0n) is 17.2. The highest BCUT2D eigenvalue weighted by Crippen LogP contribution is 2.30. The standard InChI is InChI=1S/C14H12O3.C8H10FN3O3S/c15-12-5-3-10(4-6-12)1-2-11-7-13(16)9-14(17)8-11;9-4-1-12(8(14)11-7(4)10)5-3-16-6(2-13)15-5/h1-9,15-17H;1,5-6,13H,2-3H2,(H2,10,11,14)/b2-1+;/t;5-,6+/m.0/s1. The van der Waals surface area contributed by atoms with E-state index in [1.807, 2.05) is 6.08 Å². The largest absolute Gasteiger partial charge is 0.508 e. The molecule has 0 radical (unpaired) electrons. The van der Waals surface area contributed by atoms with Gasteiger partial charge >= 0.3 is 5.69 Å². The number of nitrogen functional groups attached to an aromatic ring is 1. The minimum Gasteiger partial charge on any atom is -0.508 e. The van der Waals surface area contributed by atoms with E-state index in [9.17, 15) is 19.4 Å². The van der Waals surface area contributed by atoms with Gasteiger partial charge in [-0.1, -0.05) is 24.3 Å². The van der Waals surface area contributed by atoms with Crippen molar-refractivity contribution in [1.29, 1.82) is 0 Å². The molecular formula is C22H22FN3O6S. The van der Waals surface area contributed by atoms with E-state index in [-0.39, 0.29) is 23.9 Å². The normalized spacial score (nSPS) is 17.6. The highest BCUT2D eigenvalue weighted by molar-refractivity contribution is 8.00. The third-order valence-electron chi connectivity index (χ3n) is 4.41. The van der Waals surface area contributed by atoms with Gasteiger partial charge in [0.25, 0.3) is 0 Å².